The molecule has 2 rings (SSSR count). The number of rotatable bonds is 8. The van der Waals surface area contributed by atoms with E-state index in [4.69, 9.17) is 10.8 Å². The lowest BCUT2D eigenvalue weighted by atomic mass is 10.1. The minimum absolute atomic E-state index is 0.0484. The zero-order valence-electron chi connectivity index (χ0n) is 14.6. The van der Waals surface area contributed by atoms with Crippen molar-refractivity contribution >= 4 is 5.91 Å². The van der Waals surface area contributed by atoms with Crippen molar-refractivity contribution in [1.82, 2.24) is 14.7 Å². The summed E-state index contributed by atoms with van der Waals surface area (Å²) in [5.74, 6) is -0.351. The molecular formula is C18H26N4O2. The fourth-order valence-corrected chi connectivity index (χ4v) is 2.95. The highest BCUT2D eigenvalue weighted by Gasteiger charge is 2.21. The van der Waals surface area contributed by atoms with Crippen molar-refractivity contribution in [2.24, 2.45) is 5.73 Å². The van der Waals surface area contributed by atoms with E-state index >= 15 is 0 Å². The second kappa shape index (κ2) is 8.08. The number of benzene rings is 1. The quantitative estimate of drug-likeness (QED) is 0.769. The van der Waals surface area contributed by atoms with Gasteiger partial charge in [0.15, 0.2) is 0 Å². The van der Waals surface area contributed by atoms with Crippen molar-refractivity contribution in [2.75, 3.05) is 13.2 Å². The van der Waals surface area contributed by atoms with Crippen LogP contribution in [0.1, 0.15) is 35.5 Å². The number of amides is 1. The topological polar surface area (TPSA) is 84.4 Å². The summed E-state index contributed by atoms with van der Waals surface area (Å²) < 4.78 is 1.81. The molecule has 6 nitrogen and oxygen atoms in total. The molecule has 1 amide bonds. The van der Waals surface area contributed by atoms with Gasteiger partial charge in [-0.05, 0) is 26.3 Å². The lowest BCUT2D eigenvalue weighted by Crippen LogP contribution is -2.35. The minimum Gasteiger partial charge on any atom is -0.394 e. The number of aryl methyl sites for hydroxylation is 1. The fourth-order valence-electron chi connectivity index (χ4n) is 2.95. The molecule has 0 aliphatic heterocycles. The Balaban J connectivity index is 2.28. The van der Waals surface area contributed by atoms with Gasteiger partial charge in [0.2, 0.25) is 5.91 Å². The Bertz CT molecular complexity index is 682. The van der Waals surface area contributed by atoms with Crippen molar-refractivity contribution in [3.05, 3.63) is 52.8 Å². The van der Waals surface area contributed by atoms with E-state index < -0.39 is 0 Å². The highest BCUT2D eigenvalue weighted by molar-refractivity contribution is 5.76. The molecule has 130 valence electrons. The molecule has 0 bridgehead atoms. The van der Waals surface area contributed by atoms with Crippen LogP contribution >= 0.6 is 0 Å². The Labute approximate surface area is 142 Å². The van der Waals surface area contributed by atoms with E-state index in [2.05, 4.69) is 16.9 Å². The number of aromatic nitrogens is 2. The average Bonchev–Trinajstić information content (AvgIpc) is 2.82. The van der Waals surface area contributed by atoms with Gasteiger partial charge < -0.3 is 10.8 Å². The summed E-state index contributed by atoms with van der Waals surface area (Å²) in [6, 6.07) is 10.1. The first-order valence-corrected chi connectivity index (χ1v) is 8.15. The molecule has 0 saturated carbocycles. The van der Waals surface area contributed by atoms with Crippen molar-refractivity contribution in [3.8, 4) is 0 Å². The summed E-state index contributed by atoms with van der Waals surface area (Å²) >= 11 is 0. The van der Waals surface area contributed by atoms with Crippen molar-refractivity contribution in [3.63, 3.8) is 0 Å². The average molecular weight is 330 g/mol. The SMILES string of the molecule is Cc1nn(CCO)c(C)c1CN(CC(N)=O)[C@H](C)c1ccccc1. The number of nitrogens with two attached hydrogens (primary N) is 1. The van der Waals surface area contributed by atoms with Crippen LogP contribution in [-0.2, 0) is 17.9 Å². The van der Waals surface area contributed by atoms with Crippen LogP contribution in [0.4, 0.5) is 0 Å². The summed E-state index contributed by atoms with van der Waals surface area (Å²) in [5, 5.41) is 13.6. The summed E-state index contributed by atoms with van der Waals surface area (Å²) in [7, 11) is 0. The molecule has 0 saturated heterocycles. The smallest absolute Gasteiger partial charge is 0.231 e. The van der Waals surface area contributed by atoms with Crippen LogP contribution in [0.15, 0.2) is 30.3 Å². The monoisotopic (exact) mass is 330 g/mol. The number of carbonyl (C=O) groups is 1. The van der Waals surface area contributed by atoms with Crippen LogP contribution in [-0.4, -0.2) is 38.8 Å². The van der Waals surface area contributed by atoms with Gasteiger partial charge in [0.25, 0.3) is 0 Å². The summed E-state index contributed by atoms with van der Waals surface area (Å²) in [5.41, 5.74) is 9.59. The molecule has 1 aromatic carbocycles. The van der Waals surface area contributed by atoms with Crippen molar-refractivity contribution < 1.29 is 9.90 Å². The van der Waals surface area contributed by atoms with E-state index in [1.165, 1.54) is 0 Å². The molecule has 0 radical (unpaired) electrons. The number of aliphatic hydroxyl groups is 1. The van der Waals surface area contributed by atoms with Gasteiger partial charge in [-0.1, -0.05) is 30.3 Å². The third-order valence-corrected chi connectivity index (χ3v) is 4.39. The van der Waals surface area contributed by atoms with Crippen molar-refractivity contribution in [1.29, 1.82) is 0 Å². The number of carbonyl (C=O) groups excluding carboxylic acids is 1. The maximum atomic E-state index is 11.5. The second-order valence-electron chi connectivity index (χ2n) is 6.05. The fraction of sp³-hybridized carbons (Fsp3) is 0.444. The lowest BCUT2D eigenvalue weighted by molar-refractivity contribution is -0.119. The minimum atomic E-state index is -0.351. The Hall–Kier alpha value is -2.18. The Morgan fingerprint density at radius 2 is 2.00 bits per heavy atom. The molecule has 2 aromatic rings. The van der Waals surface area contributed by atoms with Crippen LogP contribution in [0.3, 0.4) is 0 Å². The molecule has 6 heteroatoms. The van der Waals surface area contributed by atoms with Gasteiger partial charge in [0.05, 0.1) is 25.4 Å². The molecule has 0 fully saturated rings. The summed E-state index contributed by atoms with van der Waals surface area (Å²) in [6.07, 6.45) is 0. The zero-order chi connectivity index (χ0) is 17.7. The normalized spacial score (nSPS) is 12.5. The van der Waals surface area contributed by atoms with E-state index in [9.17, 15) is 4.79 Å². The van der Waals surface area contributed by atoms with E-state index in [1.807, 2.05) is 44.2 Å². The third-order valence-electron chi connectivity index (χ3n) is 4.39. The molecule has 0 unspecified atom stereocenters. The predicted molar refractivity (Wildman–Crippen MR) is 93.2 cm³/mol. The Kier molecular flexibility index (Phi) is 6.11. The molecule has 1 atom stereocenters. The first-order valence-electron chi connectivity index (χ1n) is 8.15. The summed E-state index contributed by atoms with van der Waals surface area (Å²) in [4.78, 5) is 13.6. The maximum Gasteiger partial charge on any atom is 0.231 e. The van der Waals surface area contributed by atoms with Gasteiger partial charge in [-0.15, -0.1) is 0 Å². The Morgan fingerprint density at radius 1 is 1.33 bits per heavy atom. The number of aliphatic hydroxyl groups excluding tert-OH is 1. The predicted octanol–water partition coefficient (Wildman–Crippen LogP) is 1.54. The molecule has 1 aromatic heterocycles. The Morgan fingerprint density at radius 3 is 2.58 bits per heavy atom. The highest BCUT2D eigenvalue weighted by atomic mass is 16.3. The molecule has 1 heterocycles. The van der Waals surface area contributed by atoms with Crippen molar-refractivity contribution in [2.45, 2.75) is 39.9 Å². The van der Waals surface area contributed by atoms with E-state index in [1.54, 1.807) is 4.68 Å². The van der Waals surface area contributed by atoms with E-state index in [0.717, 1.165) is 22.5 Å². The summed E-state index contributed by atoms with van der Waals surface area (Å²) in [6.45, 7) is 7.29. The number of hydrogen-bond acceptors (Lipinski definition) is 4. The van der Waals surface area contributed by atoms with Gasteiger partial charge >= 0.3 is 0 Å². The molecule has 0 aliphatic carbocycles. The van der Waals surface area contributed by atoms with Crippen LogP contribution < -0.4 is 5.73 Å². The first-order chi connectivity index (χ1) is 11.4. The molecule has 0 spiro atoms. The maximum absolute atomic E-state index is 11.5. The first kappa shape index (κ1) is 18.2. The van der Waals surface area contributed by atoms with E-state index in [-0.39, 0.29) is 25.1 Å². The van der Waals surface area contributed by atoms with Crippen LogP contribution in [0.25, 0.3) is 0 Å². The van der Waals surface area contributed by atoms with Gasteiger partial charge in [-0.2, -0.15) is 5.10 Å². The highest BCUT2D eigenvalue weighted by Crippen LogP contribution is 2.24. The molecule has 24 heavy (non-hydrogen) atoms. The lowest BCUT2D eigenvalue weighted by Gasteiger charge is -2.28. The largest absolute Gasteiger partial charge is 0.394 e. The number of nitrogens with zero attached hydrogens (tertiary/aromatic N) is 3. The van der Waals surface area contributed by atoms with Gasteiger partial charge in [0, 0.05) is 23.8 Å². The van der Waals surface area contributed by atoms with Gasteiger partial charge in [0.1, 0.15) is 0 Å². The van der Waals surface area contributed by atoms with Crippen LogP contribution in [0.5, 0.6) is 0 Å². The molecule has 3 N–H and O–H groups in total. The number of hydrogen-bond donors (Lipinski definition) is 2. The third kappa shape index (κ3) is 4.21. The molecule has 0 aliphatic rings. The van der Waals surface area contributed by atoms with Crippen LogP contribution in [0, 0.1) is 13.8 Å². The standard InChI is InChI=1S/C18H26N4O2/c1-13-17(15(3)22(20-13)9-10-23)11-21(12-18(19)24)14(2)16-7-5-4-6-8-16/h4-8,14,23H,9-12H2,1-3H3,(H2,19,24)/t14-/m1/s1. The molecular weight excluding hydrogens is 304 g/mol. The van der Waals surface area contributed by atoms with Gasteiger partial charge in [-0.25, -0.2) is 0 Å². The zero-order valence-corrected chi connectivity index (χ0v) is 14.6. The van der Waals surface area contributed by atoms with Gasteiger partial charge in [-0.3, -0.25) is 14.4 Å². The van der Waals surface area contributed by atoms with Crippen LogP contribution in [0.2, 0.25) is 0 Å². The number of primary amides is 1. The second-order valence-corrected chi connectivity index (χ2v) is 6.05. The van der Waals surface area contributed by atoms with E-state index in [0.29, 0.717) is 13.1 Å².